The van der Waals surface area contributed by atoms with Gasteiger partial charge in [0.05, 0.1) is 11.8 Å². The Bertz CT molecular complexity index is 501. The van der Waals surface area contributed by atoms with Crippen molar-refractivity contribution >= 4 is 17.5 Å². The van der Waals surface area contributed by atoms with Gasteiger partial charge >= 0.3 is 11.9 Å². The Morgan fingerprint density at radius 2 is 1.71 bits per heavy atom. The lowest BCUT2D eigenvalue weighted by Gasteiger charge is -2.20. The van der Waals surface area contributed by atoms with Crippen LogP contribution in [0.3, 0.4) is 0 Å². The lowest BCUT2D eigenvalue weighted by atomic mass is 9.79. The van der Waals surface area contributed by atoms with E-state index in [0.29, 0.717) is 12.8 Å². The molecule has 3 rings (SSSR count). The molecule has 1 aliphatic heterocycles. The molecule has 1 fully saturated rings. The first-order chi connectivity index (χ1) is 8.25. The van der Waals surface area contributed by atoms with Crippen LogP contribution in [-0.2, 0) is 14.3 Å². The first-order valence-electron chi connectivity index (χ1n) is 5.75. The Labute approximate surface area is 99.1 Å². The van der Waals surface area contributed by atoms with Crippen LogP contribution < -0.4 is 0 Å². The summed E-state index contributed by atoms with van der Waals surface area (Å²) in [5, 5.41) is 0. The van der Waals surface area contributed by atoms with E-state index in [-0.39, 0.29) is 23.8 Å². The van der Waals surface area contributed by atoms with Crippen molar-refractivity contribution in [1.82, 2.24) is 0 Å². The number of hydrogen-bond acceptors (Lipinski definition) is 3. The molecule has 3 heteroatoms. The van der Waals surface area contributed by atoms with E-state index in [9.17, 15) is 9.59 Å². The van der Waals surface area contributed by atoms with Crippen LogP contribution in [0.25, 0.3) is 5.57 Å². The van der Waals surface area contributed by atoms with E-state index < -0.39 is 0 Å². The zero-order chi connectivity index (χ0) is 11.8. The quantitative estimate of drug-likeness (QED) is 0.546. The molecule has 86 valence electrons. The Kier molecular flexibility index (Phi) is 2.32. The first-order valence-corrected chi connectivity index (χ1v) is 5.75. The largest absolute Gasteiger partial charge is 0.393 e. The third-order valence-corrected chi connectivity index (χ3v) is 3.49. The molecule has 1 aromatic carbocycles. The van der Waals surface area contributed by atoms with E-state index in [0.717, 1.165) is 11.1 Å². The molecule has 0 spiro atoms. The molecule has 3 nitrogen and oxygen atoms in total. The maximum atomic E-state index is 11.5. The number of cyclic esters (lactones) is 2. The number of allylic oxidation sites excluding steroid dienone is 2. The van der Waals surface area contributed by atoms with Crippen molar-refractivity contribution in [3.63, 3.8) is 0 Å². The molecule has 0 radical (unpaired) electrons. The van der Waals surface area contributed by atoms with Crippen LogP contribution >= 0.6 is 0 Å². The van der Waals surface area contributed by atoms with E-state index in [1.165, 1.54) is 0 Å². The number of carbonyl (C=O) groups excluding carboxylic acids is 2. The second-order valence-electron chi connectivity index (χ2n) is 4.49. The smallest absolute Gasteiger partial charge is 0.317 e. The summed E-state index contributed by atoms with van der Waals surface area (Å²) in [5.41, 5.74) is 2.26. The summed E-state index contributed by atoms with van der Waals surface area (Å²) in [4.78, 5) is 22.9. The van der Waals surface area contributed by atoms with Crippen LogP contribution in [0.15, 0.2) is 36.4 Å². The average Bonchev–Trinajstić information content (AvgIpc) is 2.66. The topological polar surface area (TPSA) is 43.4 Å². The molecule has 0 aromatic heterocycles. The zero-order valence-electron chi connectivity index (χ0n) is 9.26. The van der Waals surface area contributed by atoms with Gasteiger partial charge in [0.15, 0.2) is 0 Å². The van der Waals surface area contributed by atoms with E-state index in [2.05, 4.69) is 10.8 Å². The van der Waals surface area contributed by atoms with Gasteiger partial charge in [-0.1, -0.05) is 36.4 Å². The van der Waals surface area contributed by atoms with E-state index >= 15 is 0 Å². The van der Waals surface area contributed by atoms with Gasteiger partial charge in [-0.2, -0.15) is 0 Å². The van der Waals surface area contributed by atoms with Crippen molar-refractivity contribution in [2.75, 3.05) is 0 Å². The van der Waals surface area contributed by atoms with Crippen molar-refractivity contribution in [1.29, 1.82) is 0 Å². The molecule has 17 heavy (non-hydrogen) atoms. The number of fused-ring (bicyclic) bond motifs is 1. The van der Waals surface area contributed by atoms with Gasteiger partial charge in [-0.05, 0) is 24.0 Å². The second kappa shape index (κ2) is 3.84. The van der Waals surface area contributed by atoms with E-state index in [1.54, 1.807) is 0 Å². The van der Waals surface area contributed by atoms with Gasteiger partial charge in [-0.25, -0.2) is 0 Å². The lowest BCUT2D eigenvalue weighted by molar-refractivity contribution is -0.153. The first kappa shape index (κ1) is 10.3. The van der Waals surface area contributed by atoms with Gasteiger partial charge in [0.25, 0.3) is 0 Å². The summed E-state index contributed by atoms with van der Waals surface area (Å²) < 4.78 is 4.68. The van der Waals surface area contributed by atoms with Gasteiger partial charge in [-0.15, -0.1) is 0 Å². The van der Waals surface area contributed by atoms with Crippen LogP contribution in [-0.4, -0.2) is 11.9 Å². The number of rotatable bonds is 1. The Morgan fingerprint density at radius 1 is 1.00 bits per heavy atom. The maximum Gasteiger partial charge on any atom is 0.317 e. The molecule has 0 N–H and O–H groups in total. The lowest BCUT2D eigenvalue weighted by Crippen LogP contribution is -2.21. The highest BCUT2D eigenvalue weighted by molar-refractivity contribution is 5.98. The minimum absolute atomic E-state index is 0.255. The van der Waals surface area contributed by atoms with Gasteiger partial charge < -0.3 is 4.74 Å². The molecule has 1 aliphatic carbocycles. The molecule has 1 saturated heterocycles. The molecule has 0 saturated carbocycles. The molecule has 0 unspecified atom stereocenters. The molecule has 1 heterocycles. The van der Waals surface area contributed by atoms with E-state index in [4.69, 9.17) is 0 Å². The van der Waals surface area contributed by atoms with Crippen molar-refractivity contribution in [2.45, 2.75) is 12.8 Å². The Morgan fingerprint density at radius 3 is 2.47 bits per heavy atom. The molecular formula is C14H12O3. The highest BCUT2D eigenvalue weighted by atomic mass is 16.6. The number of benzene rings is 1. The third-order valence-electron chi connectivity index (χ3n) is 3.49. The average molecular weight is 228 g/mol. The van der Waals surface area contributed by atoms with Crippen LogP contribution in [0.1, 0.15) is 18.4 Å². The third kappa shape index (κ3) is 1.68. The number of ether oxygens (including phenoxy) is 1. The van der Waals surface area contributed by atoms with Gasteiger partial charge in [0.2, 0.25) is 0 Å². The summed E-state index contributed by atoms with van der Waals surface area (Å²) in [6, 6.07) is 9.95. The molecular weight excluding hydrogens is 216 g/mol. The fourth-order valence-electron chi connectivity index (χ4n) is 2.54. The number of hydrogen-bond donors (Lipinski definition) is 0. The normalized spacial score (nSPS) is 27.4. The molecule has 2 aliphatic rings. The van der Waals surface area contributed by atoms with Crippen molar-refractivity contribution in [3.05, 3.63) is 42.0 Å². The second-order valence-corrected chi connectivity index (χ2v) is 4.49. The summed E-state index contributed by atoms with van der Waals surface area (Å²) in [6.07, 6.45) is 3.27. The van der Waals surface area contributed by atoms with E-state index in [1.807, 2.05) is 30.3 Å². The monoisotopic (exact) mass is 228 g/mol. The van der Waals surface area contributed by atoms with Crippen LogP contribution in [0.4, 0.5) is 0 Å². The van der Waals surface area contributed by atoms with Crippen LogP contribution in [0.5, 0.6) is 0 Å². The Hall–Kier alpha value is -1.90. The van der Waals surface area contributed by atoms with Crippen molar-refractivity contribution in [2.24, 2.45) is 11.8 Å². The van der Waals surface area contributed by atoms with Gasteiger partial charge in [0.1, 0.15) is 0 Å². The predicted molar refractivity (Wildman–Crippen MR) is 61.7 cm³/mol. The minimum Gasteiger partial charge on any atom is -0.393 e. The summed E-state index contributed by atoms with van der Waals surface area (Å²) in [6.45, 7) is 0. The molecule has 1 aromatic rings. The fourth-order valence-corrected chi connectivity index (χ4v) is 2.54. The fraction of sp³-hybridized carbons (Fsp3) is 0.286. The van der Waals surface area contributed by atoms with Crippen molar-refractivity contribution < 1.29 is 14.3 Å². The summed E-state index contributed by atoms with van der Waals surface area (Å²) in [7, 11) is 0. The Balaban J connectivity index is 1.90. The predicted octanol–water partition coefficient (Wildman–Crippen LogP) is 2.18. The summed E-state index contributed by atoms with van der Waals surface area (Å²) in [5.74, 6) is -1.25. The molecule has 2 atom stereocenters. The standard InChI is InChI=1S/C14H12O3/c15-13-11-7-6-10(8-12(11)14(16)17-13)9-4-2-1-3-5-9/h1-6,11-12H,7-8H2/t11-,12+/m0/s1. The minimum atomic E-state index is -0.360. The highest BCUT2D eigenvalue weighted by Gasteiger charge is 2.45. The van der Waals surface area contributed by atoms with Crippen LogP contribution in [0, 0.1) is 11.8 Å². The highest BCUT2D eigenvalue weighted by Crippen LogP contribution is 2.39. The van der Waals surface area contributed by atoms with Crippen LogP contribution in [0.2, 0.25) is 0 Å². The van der Waals surface area contributed by atoms with Crippen molar-refractivity contribution in [3.8, 4) is 0 Å². The maximum absolute atomic E-state index is 11.5. The van der Waals surface area contributed by atoms with Gasteiger partial charge in [0, 0.05) is 0 Å². The summed E-state index contributed by atoms with van der Waals surface area (Å²) >= 11 is 0. The number of esters is 2. The molecule has 0 bridgehead atoms. The van der Waals surface area contributed by atoms with Gasteiger partial charge in [-0.3, -0.25) is 9.59 Å². The number of carbonyl (C=O) groups is 2. The molecule has 0 amide bonds. The SMILES string of the molecule is O=C1OC(=O)[C@@H]2CC(c3ccccc3)=CC[C@H]12. The zero-order valence-corrected chi connectivity index (χ0v) is 9.26.